The molecule has 1 aliphatic rings. The Labute approximate surface area is 208 Å². The topological polar surface area (TPSA) is 144 Å². The summed E-state index contributed by atoms with van der Waals surface area (Å²) in [5.74, 6) is 0.0890. The van der Waals surface area contributed by atoms with Gasteiger partial charge < -0.3 is 26.0 Å². The molecule has 1 saturated heterocycles. The number of nitrogens with two attached hydrogens (primary N) is 1. The lowest BCUT2D eigenvalue weighted by atomic mass is 10.0. The number of rotatable bonds is 10. The van der Waals surface area contributed by atoms with Crippen molar-refractivity contribution in [3.05, 3.63) is 64.0 Å². The van der Waals surface area contributed by atoms with Gasteiger partial charge in [-0.25, -0.2) is 4.39 Å². The third-order valence-corrected chi connectivity index (χ3v) is 6.16. The van der Waals surface area contributed by atoms with E-state index < -0.39 is 10.7 Å². The summed E-state index contributed by atoms with van der Waals surface area (Å²) < 4.78 is 19.7. The molecule has 12 heteroatoms. The van der Waals surface area contributed by atoms with Crippen molar-refractivity contribution in [3.8, 4) is 5.75 Å². The van der Waals surface area contributed by atoms with Crippen LogP contribution in [0.1, 0.15) is 31.7 Å². The maximum Gasteiger partial charge on any atom is 0.269 e. The zero-order chi connectivity index (χ0) is 25.7. The molecule has 1 fully saturated rings. The summed E-state index contributed by atoms with van der Waals surface area (Å²) in [4.78, 5) is 25.5. The molecule has 2 atom stereocenters. The number of nitro benzene ring substituents is 1. The first-order valence-corrected chi connectivity index (χ1v) is 11.7. The second kappa shape index (κ2) is 11.1. The number of nitro groups is 1. The van der Waals surface area contributed by atoms with Crippen LogP contribution in [-0.2, 0) is 6.54 Å². The molecule has 3 aromatic rings. The number of halogens is 1. The van der Waals surface area contributed by atoms with Crippen LogP contribution in [-0.4, -0.2) is 45.6 Å². The van der Waals surface area contributed by atoms with Crippen LogP contribution in [0.15, 0.2) is 42.5 Å². The number of nitrogen functional groups attached to an aromatic ring is 1. The van der Waals surface area contributed by atoms with Gasteiger partial charge in [0.2, 0.25) is 17.8 Å². The van der Waals surface area contributed by atoms with Gasteiger partial charge >= 0.3 is 0 Å². The van der Waals surface area contributed by atoms with Gasteiger partial charge in [-0.1, -0.05) is 19.1 Å². The van der Waals surface area contributed by atoms with Gasteiger partial charge in [0, 0.05) is 36.0 Å². The first kappa shape index (κ1) is 25.0. The minimum absolute atomic E-state index is 0.0133. The largest absolute Gasteiger partial charge is 0.494 e. The lowest BCUT2D eigenvalue weighted by molar-refractivity contribution is -0.384. The van der Waals surface area contributed by atoms with Crippen LogP contribution in [0.25, 0.3) is 0 Å². The molecule has 190 valence electrons. The number of anilines is 4. The summed E-state index contributed by atoms with van der Waals surface area (Å²) in [6.07, 6.45) is 3.02. The van der Waals surface area contributed by atoms with Crippen molar-refractivity contribution in [2.45, 2.75) is 44.8 Å². The van der Waals surface area contributed by atoms with Gasteiger partial charge in [-0.3, -0.25) is 10.1 Å². The van der Waals surface area contributed by atoms with Gasteiger partial charge in [0.05, 0.1) is 18.6 Å². The van der Waals surface area contributed by atoms with Crippen LogP contribution in [0.4, 0.5) is 33.6 Å². The van der Waals surface area contributed by atoms with Gasteiger partial charge in [-0.05, 0) is 43.5 Å². The van der Waals surface area contributed by atoms with Gasteiger partial charge in [-0.2, -0.15) is 15.0 Å². The van der Waals surface area contributed by atoms with Crippen LogP contribution >= 0.6 is 0 Å². The highest BCUT2D eigenvalue weighted by atomic mass is 19.1. The molecular weight excluding hydrogens is 467 g/mol. The Morgan fingerprint density at radius 3 is 2.67 bits per heavy atom. The van der Waals surface area contributed by atoms with Crippen LogP contribution in [0.2, 0.25) is 0 Å². The molecule has 2 aromatic carbocycles. The number of methoxy groups -OCH3 is 1. The van der Waals surface area contributed by atoms with E-state index in [9.17, 15) is 14.5 Å². The van der Waals surface area contributed by atoms with E-state index in [4.69, 9.17) is 10.5 Å². The average Bonchev–Trinajstić information content (AvgIpc) is 3.40. The average molecular weight is 497 g/mol. The molecule has 1 aromatic heterocycles. The summed E-state index contributed by atoms with van der Waals surface area (Å²) in [7, 11) is 1.39. The summed E-state index contributed by atoms with van der Waals surface area (Å²) in [5, 5.41) is 17.9. The molecule has 36 heavy (non-hydrogen) atoms. The predicted molar refractivity (Wildman–Crippen MR) is 135 cm³/mol. The van der Waals surface area contributed by atoms with Crippen molar-refractivity contribution in [2.75, 3.05) is 29.6 Å². The van der Waals surface area contributed by atoms with Gasteiger partial charge in [-0.15, -0.1) is 0 Å². The Morgan fingerprint density at radius 1 is 1.28 bits per heavy atom. The summed E-state index contributed by atoms with van der Waals surface area (Å²) in [5.41, 5.74) is 7.21. The summed E-state index contributed by atoms with van der Waals surface area (Å²) in [6, 6.07) is 11.0. The van der Waals surface area contributed by atoms with E-state index in [1.54, 1.807) is 23.1 Å². The lowest BCUT2D eigenvalue weighted by Gasteiger charge is -2.26. The van der Waals surface area contributed by atoms with Crippen molar-refractivity contribution in [1.82, 2.24) is 20.3 Å². The van der Waals surface area contributed by atoms with Crippen LogP contribution < -0.4 is 26.0 Å². The molecule has 0 amide bonds. The predicted octanol–water partition coefficient (Wildman–Crippen LogP) is 3.79. The second-order valence-corrected chi connectivity index (χ2v) is 8.51. The Bertz CT molecular complexity index is 1200. The highest BCUT2D eigenvalue weighted by molar-refractivity contribution is 5.61. The third-order valence-electron chi connectivity index (χ3n) is 6.16. The highest BCUT2D eigenvalue weighted by Gasteiger charge is 2.25. The number of nitrogens with zero attached hydrogens (tertiary/aromatic N) is 5. The fourth-order valence-electron chi connectivity index (χ4n) is 4.28. The molecule has 2 heterocycles. The van der Waals surface area contributed by atoms with Crippen molar-refractivity contribution >= 4 is 29.2 Å². The number of benzene rings is 2. The highest BCUT2D eigenvalue weighted by Crippen LogP contribution is 2.30. The smallest absolute Gasteiger partial charge is 0.269 e. The minimum atomic E-state index is -0.553. The molecule has 4 N–H and O–H groups in total. The first-order valence-electron chi connectivity index (χ1n) is 11.7. The van der Waals surface area contributed by atoms with E-state index in [1.807, 2.05) is 0 Å². The van der Waals surface area contributed by atoms with E-state index in [0.717, 1.165) is 31.4 Å². The molecule has 0 saturated carbocycles. The van der Waals surface area contributed by atoms with Crippen molar-refractivity contribution in [1.29, 1.82) is 0 Å². The molecule has 0 bridgehead atoms. The molecule has 11 nitrogen and oxygen atoms in total. The van der Waals surface area contributed by atoms with Crippen LogP contribution in [0.5, 0.6) is 5.75 Å². The quantitative estimate of drug-likeness (QED) is 0.280. The maximum absolute atomic E-state index is 14.6. The number of hydrogen-bond donors (Lipinski definition) is 3. The van der Waals surface area contributed by atoms with E-state index in [0.29, 0.717) is 17.7 Å². The molecule has 0 spiro atoms. The van der Waals surface area contributed by atoms with Gasteiger partial charge in [0.15, 0.2) is 11.6 Å². The number of hydrogen-bond acceptors (Lipinski definition) is 10. The van der Waals surface area contributed by atoms with Gasteiger partial charge in [0.25, 0.3) is 5.69 Å². The molecule has 4 rings (SSSR count). The Hall–Kier alpha value is -4.06. The standard InChI is InChI=1S/C24H29FN8O3/c1-3-19(20-5-4-12-27-20)28-23-29-22(26)30-24(31-23)32(17-10-11-21(36-2)18(25)13-17)14-15-6-8-16(9-7-15)33(34)35/h6-11,13,19-20,27H,3-5,12,14H2,1-2H3,(H3,26,28,29,30,31). The molecule has 0 radical (unpaired) electrons. The molecular formula is C24H29FN8O3. The summed E-state index contributed by atoms with van der Waals surface area (Å²) >= 11 is 0. The lowest BCUT2D eigenvalue weighted by Crippen LogP contribution is -2.40. The SMILES string of the molecule is CCC(Nc1nc(N)nc(N(Cc2ccc([N+](=O)[O-])cc2)c2ccc(OC)c(F)c2)n1)C1CCCN1. The molecule has 0 aliphatic carbocycles. The normalized spacial score (nSPS) is 15.9. The zero-order valence-corrected chi connectivity index (χ0v) is 20.1. The fourth-order valence-corrected chi connectivity index (χ4v) is 4.28. The fraction of sp³-hybridized carbons (Fsp3) is 0.375. The van der Waals surface area contributed by atoms with Gasteiger partial charge in [0.1, 0.15) is 0 Å². The Kier molecular flexibility index (Phi) is 7.74. The van der Waals surface area contributed by atoms with Crippen molar-refractivity contribution in [2.24, 2.45) is 0 Å². The van der Waals surface area contributed by atoms with Crippen LogP contribution in [0.3, 0.4) is 0 Å². The zero-order valence-electron chi connectivity index (χ0n) is 20.1. The van der Waals surface area contributed by atoms with Crippen LogP contribution in [0, 0.1) is 15.9 Å². The second-order valence-electron chi connectivity index (χ2n) is 8.51. The Balaban J connectivity index is 1.70. The Morgan fingerprint density at radius 2 is 2.06 bits per heavy atom. The van der Waals surface area contributed by atoms with E-state index in [1.165, 1.54) is 31.4 Å². The van der Waals surface area contributed by atoms with Crippen molar-refractivity contribution in [3.63, 3.8) is 0 Å². The number of nitrogens with one attached hydrogen (secondary N) is 2. The van der Waals surface area contributed by atoms with E-state index >= 15 is 0 Å². The number of aromatic nitrogens is 3. The van der Waals surface area contributed by atoms with Crippen molar-refractivity contribution < 1.29 is 14.1 Å². The van der Waals surface area contributed by atoms with E-state index in [-0.39, 0.29) is 35.9 Å². The minimum Gasteiger partial charge on any atom is -0.494 e. The number of non-ortho nitro benzene ring substituents is 1. The maximum atomic E-state index is 14.6. The molecule has 2 unspecified atom stereocenters. The molecule has 1 aliphatic heterocycles. The third kappa shape index (κ3) is 5.77. The monoisotopic (exact) mass is 496 g/mol. The van der Waals surface area contributed by atoms with E-state index in [2.05, 4.69) is 32.5 Å². The summed E-state index contributed by atoms with van der Waals surface area (Å²) in [6.45, 7) is 3.26. The first-order chi connectivity index (χ1) is 17.4. The number of ether oxygens (including phenoxy) is 1.